The average molecular weight is 347 g/mol. The number of aryl methyl sites for hydroxylation is 2. The number of aromatic nitrogens is 1. The van der Waals surface area contributed by atoms with Gasteiger partial charge in [-0.15, -0.1) is 0 Å². The van der Waals surface area contributed by atoms with Crippen molar-refractivity contribution in [3.63, 3.8) is 0 Å². The fourth-order valence-corrected chi connectivity index (χ4v) is 3.16. The molecule has 0 bridgehead atoms. The van der Waals surface area contributed by atoms with Gasteiger partial charge in [-0.05, 0) is 57.3 Å². The summed E-state index contributed by atoms with van der Waals surface area (Å²) in [6.45, 7) is 5.31. The van der Waals surface area contributed by atoms with Gasteiger partial charge in [0.2, 0.25) is 0 Å². The van der Waals surface area contributed by atoms with E-state index < -0.39 is 0 Å². The highest BCUT2D eigenvalue weighted by Crippen LogP contribution is 2.20. The van der Waals surface area contributed by atoms with E-state index in [2.05, 4.69) is 27.3 Å². The molecule has 0 radical (unpaired) electrons. The second kappa shape index (κ2) is 7.67. The van der Waals surface area contributed by atoms with Gasteiger partial charge in [0.05, 0.1) is 11.1 Å². The molecule has 26 heavy (non-hydrogen) atoms. The number of hydrogen-bond donors (Lipinski definition) is 1. The Bertz CT molecular complexity index is 947. The fraction of sp³-hybridized carbons (Fsp3) is 0.273. The molecule has 0 aliphatic rings. The van der Waals surface area contributed by atoms with E-state index in [1.165, 1.54) is 5.56 Å². The van der Waals surface area contributed by atoms with Crippen molar-refractivity contribution in [2.75, 3.05) is 14.1 Å². The first-order valence-corrected chi connectivity index (χ1v) is 8.82. The van der Waals surface area contributed by atoms with Gasteiger partial charge in [-0.2, -0.15) is 0 Å². The van der Waals surface area contributed by atoms with Crippen molar-refractivity contribution >= 4 is 16.8 Å². The van der Waals surface area contributed by atoms with Crippen LogP contribution in [-0.4, -0.2) is 29.9 Å². The predicted octanol–water partition coefficient (Wildman–Crippen LogP) is 3.84. The highest BCUT2D eigenvalue weighted by Gasteiger charge is 2.13. The van der Waals surface area contributed by atoms with Crippen LogP contribution in [0.3, 0.4) is 0 Å². The summed E-state index contributed by atoms with van der Waals surface area (Å²) < 4.78 is 0. The van der Waals surface area contributed by atoms with E-state index in [9.17, 15) is 4.79 Å². The van der Waals surface area contributed by atoms with Crippen LogP contribution in [0.2, 0.25) is 0 Å². The van der Waals surface area contributed by atoms with Crippen molar-refractivity contribution < 1.29 is 4.79 Å². The van der Waals surface area contributed by atoms with Gasteiger partial charge in [0, 0.05) is 24.2 Å². The lowest BCUT2D eigenvalue weighted by Crippen LogP contribution is -2.24. The third-order valence-corrected chi connectivity index (χ3v) is 4.38. The summed E-state index contributed by atoms with van der Waals surface area (Å²) in [7, 11) is 4.09. The number of nitrogens with zero attached hydrogens (tertiary/aromatic N) is 2. The Morgan fingerprint density at radius 2 is 1.77 bits per heavy atom. The van der Waals surface area contributed by atoms with Gasteiger partial charge in [-0.3, -0.25) is 9.78 Å². The topological polar surface area (TPSA) is 45.2 Å². The van der Waals surface area contributed by atoms with Gasteiger partial charge in [0.15, 0.2) is 0 Å². The van der Waals surface area contributed by atoms with Crippen LogP contribution in [0.1, 0.15) is 32.7 Å². The van der Waals surface area contributed by atoms with Gasteiger partial charge in [-0.25, -0.2) is 0 Å². The number of hydrogen-bond acceptors (Lipinski definition) is 3. The second-order valence-electron chi connectivity index (χ2n) is 7.02. The van der Waals surface area contributed by atoms with Crippen LogP contribution in [-0.2, 0) is 13.1 Å². The van der Waals surface area contributed by atoms with Crippen LogP contribution < -0.4 is 5.32 Å². The minimum Gasteiger partial charge on any atom is -0.348 e. The number of amides is 1. The van der Waals surface area contributed by atoms with E-state index in [-0.39, 0.29) is 5.91 Å². The predicted molar refractivity (Wildman–Crippen MR) is 106 cm³/mol. The molecule has 3 aromatic rings. The van der Waals surface area contributed by atoms with E-state index >= 15 is 0 Å². The van der Waals surface area contributed by atoms with E-state index in [0.717, 1.165) is 34.3 Å². The molecule has 4 heteroatoms. The van der Waals surface area contributed by atoms with Crippen molar-refractivity contribution in [2.45, 2.75) is 26.9 Å². The molecule has 134 valence electrons. The smallest absolute Gasteiger partial charge is 0.252 e. The SMILES string of the molecule is Cc1ccc2nc(C)cc(C(=O)NCc3ccccc3CN(C)C)c2c1. The third-order valence-electron chi connectivity index (χ3n) is 4.38. The molecule has 0 atom stereocenters. The summed E-state index contributed by atoms with van der Waals surface area (Å²) in [5, 5.41) is 3.98. The maximum atomic E-state index is 12.9. The number of pyridine rings is 1. The first kappa shape index (κ1) is 18.1. The summed E-state index contributed by atoms with van der Waals surface area (Å²) >= 11 is 0. The maximum Gasteiger partial charge on any atom is 0.252 e. The van der Waals surface area contributed by atoms with Crippen molar-refractivity contribution in [2.24, 2.45) is 0 Å². The second-order valence-corrected chi connectivity index (χ2v) is 7.02. The lowest BCUT2D eigenvalue weighted by Gasteiger charge is -2.15. The summed E-state index contributed by atoms with van der Waals surface area (Å²) in [4.78, 5) is 19.5. The van der Waals surface area contributed by atoms with Crippen molar-refractivity contribution in [1.82, 2.24) is 15.2 Å². The first-order valence-electron chi connectivity index (χ1n) is 8.82. The molecule has 0 spiro atoms. The molecular formula is C22H25N3O. The quantitative estimate of drug-likeness (QED) is 0.763. The lowest BCUT2D eigenvalue weighted by atomic mass is 10.0. The van der Waals surface area contributed by atoms with Gasteiger partial charge < -0.3 is 10.2 Å². The average Bonchev–Trinajstić information content (AvgIpc) is 2.60. The number of nitrogens with one attached hydrogen (secondary N) is 1. The molecule has 1 N–H and O–H groups in total. The van der Waals surface area contributed by atoms with E-state index in [1.54, 1.807) is 0 Å². The first-order chi connectivity index (χ1) is 12.4. The van der Waals surface area contributed by atoms with Crippen LogP contribution in [0.4, 0.5) is 0 Å². The van der Waals surface area contributed by atoms with Gasteiger partial charge >= 0.3 is 0 Å². The minimum absolute atomic E-state index is 0.0641. The molecule has 0 saturated carbocycles. The number of rotatable bonds is 5. The van der Waals surface area contributed by atoms with E-state index in [1.807, 2.05) is 64.3 Å². The van der Waals surface area contributed by atoms with Crippen molar-refractivity contribution in [3.8, 4) is 0 Å². The normalized spacial score (nSPS) is 11.1. The highest BCUT2D eigenvalue weighted by molar-refractivity contribution is 6.06. The van der Waals surface area contributed by atoms with Crippen LogP contribution in [0.5, 0.6) is 0 Å². The number of benzene rings is 2. The fourth-order valence-electron chi connectivity index (χ4n) is 3.16. The molecule has 0 unspecified atom stereocenters. The Morgan fingerprint density at radius 1 is 1.04 bits per heavy atom. The van der Waals surface area contributed by atoms with Crippen LogP contribution in [0, 0.1) is 13.8 Å². The molecule has 0 saturated heterocycles. The molecule has 3 rings (SSSR count). The lowest BCUT2D eigenvalue weighted by molar-refractivity contribution is 0.0952. The van der Waals surface area contributed by atoms with Gasteiger partial charge in [-0.1, -0.05) is 35.9 Å². The zero-order chi connectivity index (χ0) is 18.7. The summed E-state index contributed by atoms with van der Waals surface area (Å²) in [5.41, 5.74) is 5.87. The monoisotopic (exact) mass is 347 g/mol. The summed E-state index contributed by atoms with van der Waals surface area (Å²) in [6, 6.07) is 16.1. The van der Waals surface area contributed by atoms with Crippen molar-refractivity contribution in [3.05, 3.63) is 76.5 Å². The van der Waals surface area contributed by atoms with Crippen LogP contribution in [0.15, 0.2) is 48.5 Å². The van der Waals surface area contributed by atoms with E-state index in [4.69, 9.17) is 0 Å². The zero-order valence-electron chi connectivity index (χ0n) is 15.8. The van der Waals surface area contributed by atoms with Gasteiger partial charge in [0.1, 0.15) is 0 Å². The number of fused-ring (bicyclic) bond motifs is 1. The Kier molecular flexibility index (Phi) is 5.33. The largest absolute Gasteiger partial charge is 0.348 e. The molecule has 2 aromatic carbocycles. The highest BCUT2D eigenvalue weighted by atomic mass is 16.1. The van der Waals surface area contributed by atoms with Crippen LogP contribution in [0.25, 0.3) is 10.9 Å². The van der Waals surface area contributed by atoms with Gasteiger partial charge in [0.25, 0.3) is 5.91 Å². The molecular weight excluding hydrogens is 322 g/mol. The third kappa shape index (κ3) is 4.09. The number of carbonyl (C=O) groups is 1. The molecule has 1 amide bonds. The molecule has 0 aliphatic carbocycles. The Morgan fingerprint density at radius 3 is 2.50 bits per heavy atom. The molecule has 0 fully saturated rings. The maximum absolute atomic E-state index is 12.9. The zero-order valence-corrected chi connectivity index (χ0v) is 15.8. The van der Waals surface area contributed by atoms with E-state index in [0.29, 0.717) is 12.1 Å². The standard InChI is InChI=1S/C22H25N3O/c1-15-9-10-21-19(11-15)20(12-16(2)24-21)22(26)23-13-17-7-5-6-8-18(17)14-25(3)4/h5-12H,13-14H2,1-4H3,(H,23,26). The Labute approximate surface area is 154 Å². The van der Waals surface area contributed by atoms with Crippen LogP contribution >= 0.6 is 0 Å². The molecule has 0 aliphatic heterocycles. The molecule has 4 nitrogen and oxygen atoms in total. The van der Waals surface area contributed by atoms with Crippen molar-refractivity contribution in [1.29, 1.82) is 0 Å². The summed E-state index contributed by atoms with van der Waals surface area (Å²) in [6.07, 6.45) is 0. The Hall–Kier alpha value is -2.72. The Balaban J connectivity index is 1.86. The number of carbonyl (C=O) groups excluding carboxylic acids is 1. The molecule has 1 aromatic heterocycles. The molecule has 1 heterocycles. The minimum atomic E-state index is -0.0641. The summed E-state index contributed by atoms with van der Waals surface area (Å²) in [5.74, 6) is -0.0641.